The molecule has 4 aliphatic carbocycles. The largest absolute Gasteiger partial charge is 0.328 e. The molecule has 2 heteroatoms. The van der Waals surface area contributed by atoms with Gasteiger partial charge in [-0.15, -0.1) is 0 Å². The second-order valence-corrected chi connectivity index (χ2v) is 9.84. The van der Waals surface area contributed by atoms with Crippen LogP contribution < -0.4 is 5.73 Å². The highest BCUT2D eigenvalue weighted by Gasteiger charge is 2.56. The minimum atomic E-state index is 0.221. The zero-order chi connectivity index (χ0) is 17.9. The van der Waals surface area contributed by atoms with E-state index in [0.29, 0.717) is 11.5 Å². The van der Waals surface area contributed by atoms with Crippen LogP contribution in [0.25, 0.3) is 5.57 Å². The maximum absolute atomic E-state index is 6.33. The van der Waals surface area contributed by atoms with Gasteiger partial charge in [-0.3, -0.25) is 4.98 Å². The molecule has 0 spiro atoms. The lowest BCUT2D eigenvalue weighted by atomic mass is 9.46. The van der Waals surface area contributed by atoms with Crippen molar-refractivity contribution in [2.45, 2.75) is 64.8 Å². The van der Waals surface area contributed by atoms with Crippen molar-refractivity contribution in [3.63, 3.8) is 0 Å². The van der Waals surface area contributed by atoms with E-state index in [-0.39, 0.29) is 5.41 Å². The molecule has 4 aliphatic rings. The summed E-state index contributed by atoms with van der Waals surface area (Å²) in [6.45, 7) is 5.10. The van der Waals surface area contributed by atoms with E-state index in [1.807, 2.05) is 12.4 Å². The molecule has 0 aromatic carbocycles. The number of fused-ring (bicyclic) bond motifs is 5. The Morgan fingerprint density at radius 1 is 1.08 bits per heavy atom. The third kappa shape index (κ3) is 2.24. The summed E-state index contributed by atoms with van der Waals surface area (Å²) in [5.41, 5.74) is 11.6. The van der Waals surface area contributed by atoms with Crippen molar-refractivity contribution >= 4 is 5.57 Å². The highest BCUT2D eigenvalue weighted by atomic mass is 14.7. The van der Waals surface area contributed by atoms with Crippen LogP contribution in [0.4, 0.5) is 0 Å². The average Bonchev–Trinajstić information content (AvgIpc) is 3.00. The number of pyridine rings is 1. The molecule has 0 aliphatic heterocycles. The summed E-state index contributed by atoms with van der Waals surface area (Å²) < 4.78 is 0. The van der Waals surface area contributed by atoms with Gasteiger partial charge in [0.05, 0.1) is 0 Å². The summed E-state index contributed by atoms with van der Waals surface area (Å²) in [4.78, 5) is 4.38. The predicted molar refractivity (Wildman–Crippen MR) is 107 cm³/mol. The molecule has 1 aromatic rings. The number of allylic oxidation sites excluding steroid dienone is 4. The maximum atomic E-state index is 6.33. The van der Waals surface area contributed by atoms with Gasteiger partial charge < -0.3 is 5.73 Å². The van der Waals surface area contributed by atoms with Crippen molar-refractivity contribution in [3.8, 4) is 0 Å². The number of hydrogen-bond acceptors (Lipinski definition) is 2. The molecule has 0 radical (unpaired) electrons. The molecule has 2 nitrogen and oxygen atoms in total. The summed E-state index contributed by atoms with van der Waals surface area (Å²) in [6, 6.07) is 4.75. The molecule has 138 valence electrons. The van der Waals surface area contributed by atoms with Crippen molar-refractivity contribution in [2.75, 3.05) is 0 Å². The Morgan fingerprint density at radius 3 is 2.77 bits per heavy atom. The Labute approximate surface area is 158 Å². The molecule has 1 unspecified atom stereocenters. The minimum Gasteiger partial charge on any atom is -0.328 e. The first kappa shape index (κ1) is 16.7. The first-order chi connectivity index (χ1) is 12.5. The molecule has 0 amide bonds. The molecule has 2 N–H and O–H groups in total. The second-order valence-electron chi connectivity index (χ2n) is 9.84. The lowest BCUT2D eigenvalue weighted by Crippen LogP contribution is -2.52. The van der Waals surface area contributed by atoms with E-state index in [2.05, 4.69) is 43.1 Å². The fourth-order valence-corrected chi connectivity index (χ4v) is 7.22. The Morgan fingerprint density at radius 2 is 1.96 bits per heavy atom. The minimum absolute atomic E-state index is 0.221. The van der Waals surface area contributed by atoms with Crippen molar-refractivity contribution in [1.29, 1.82) is 0 Å². The van der Waals surface area contributed by atoms with Crippen molar-refractivity contribution in [2.24, 2.45) is 34.3 Å². The highest BCUT2D eigenvalue weighted by molar-refractivity contribution is 5.78. The Hall–Kier alpha value is -1.41. The van der Waals surface area contributed by atoms with E-state index < -0.39 is 0 Å². The Balaban J connectivity index is 1.46. The van der Waals surface area contributed by atoms with Gasteiger partial charge in [0.1, 0.15) is 0 Å². The molecule has 3 saturated carbocycles. The lowest BCUT2D eigenvalue weighted by Gasteiger charge is -2.59. The fraction of sp³-hybridized carbons (Fsp3) is 0.625. The van der Waals surface area contributed by atoms with Crippen molar-refractivity contribution in [3.05, 3.63) is 47.8 Å². The molecular weight excluding hydrogens is 316 g/mol. The van der Waals surface area contributed by atoms with Gasteiger partial charge in [-0.1, -0.05) is 37.6 Å². The molecular formula is C24H32N2. The van der Waals surface area contributed by atoms with Crippen LogP contribution in [0.15, 0.2) is 42.3 Å². The van der Waals surface area contributed by atoms with Crippen molar-refractivity contribution in [1.82, 2.24) is 4.98 Å². The Kier molecular flexibility index (Phi) is 3.73. The predicted octanol–water partition coefficient (Wildman–Crippen LogP) is 5.37. The number of rotatable bonds is 1. The number of nitrogens with zero attached hydrogens (tertiary/aromatic N) is 1. The topological polar surface area (TPSA) is 38.9 Å². The van der Waals surface area contributed by atoms with Crippen LogP contribution in [0.2, 0.25) is 0 Å². The van der Waals surface area contributed by atoms with Crippen LogP contribution in [-0.2, 0) is 0 Å². The van der Waals surface area contributed by atoms with Gasteiger partial charge in [0.2, 0.25) is 0 Å². The quantitative estimate of drug-likeness (QED) is 0.741. The highest BCUT2D eigenvalue weighted by Crippen LogP contribution is 2.65. The third-order valence-corrected chi connectivity index (χ3v) is 8.72. The van der Waals surface area contributed by atoms with E-state index in [9.17, 15) is 0 Å². The molecule has 1 heterocycles. The van der Waals surface area contributed by atoms with Crippen molar-refractivity contribution < 1.29 is 0 Å². The summed E-state index contributed by atoms with van der Waals surface area (Å²) in [6.07, 6.45) is 18.0. The number of nitrogens with two attached hydrogens (primary N) is 1. The van der Waals surface area contributed by atoms with E-state index in [1.165, 1.54) is 56.1 Å². The van der Waals surface area contributed by atoms with E-state index >= 15 is 0 Å². The van der Waals surface area contributed by atoms with Crippen LogP contribution in [0.3, 0.4) is 0 Å². The van der Waals surface area contributed by atoms with Crippen LogP contribution in [0.1, 0.15) is 64.4 Å². The van der Waals surface area contributed by atoms with Gasteiger partial charge in [0.25, 0.3) is 0 Å². The van der Waals surface area contributed by atoms with Gasteiger partial charge in [0.15, 0.2) is 0 Å². The zero-order valence-corrected chi connectivity index (χ0v) is 16.2. The zero-order valence-electron chi connectivity index (χ0n) is 16.2. The normalized spacial score (nSPS) is 44.4. The lowest BCUT2D eigenvalue weighted by molar-refractivity contribution is -0.0506. The molecule has 1 aromatic heterocycles. The maximum Gasteiger partial charge on any atom is 0.0343 e. The molecule has 26 heavy (non-hydrogen) atoms. The molecule has 5 rings (SSSR count). The van der Waals surface area contributed by atoms with Crippen LogP contribution in [0.5, 0.6) is 0 Å². The van der Waals surface area contributed by atoms with E-state index in [0.717, 1.165) is 17.8 Å². The standard InChI is InChI=1S/C24H32N2/c1-23-11-9-18(25)14-17(23)5-6-19-21-8-7-20(16-4-3-13-26-15-16)24(21,2)12-10-22(19)23/h3-4,7-8,13,15,17-19,22H,5-6,9-12,14,25H2,1-2H3/t17?,18-,19+,22+,23+,24-/m1/s1. The van der Waals surface area contributed by atoms with Gasteiger partial charge in [0, 0.05) is 23.9 Å². The molecule has 6 atom stereocenters. The fourth-order valence-electron chi connectivity index (χ4n) is 7.22. The Bertz CT molecular complexity index is 764. The molecule has 3 fully saturated rings. The number of aromatic nitrogens is 1. The summed E-state index contributed by atoms with van der Waals surface area (Å²) in [7, 11) is 0. The SMILES string of the molecule is C[C@]12CC[C@H]3[C@@H](CCC4C[C@H](N)CC[C@@]43C)C1=CC=C2c1cccnc1. The first-order valence-electron chi connectivity index (χ1n) is 10.6. The molecule has 0 bridgehead atoms. The van der Waals surface area contributed by atoms with Gasteiger partial charge in [-0.05, 0) is 85.3 Å². The van der Waals surface area contributed by atoms with Crippen LogP contribution in [0, 0.1) is 28.6 Å². The van der Waals surface area contributed by atoms with Crippen LogP contribution in [-0.4, -0.2) is 11.0 Å². The van der Waals surface area contributed by atoms with Gasteiger partial charge in [-0.2, -0.15) is 0 Å². The van der Waals surface area contributed by atoms with E-state index in [1.54, 1.807) is 5.57 Å². The second kappa shape index (κ2) is 5.79. The van der Waals surface area contributed by atoms with Gasteiger partial charge in [-0.25, -0.2) is 0 Å². The smallest absolute Gasteiger partial charge is 0.0343 e. The van der Waals surface area contributed by atoms with Crippen LogP contribution >= 0.6 is 0 Å². The monoisotopic (exact) mass is 348 g/mol. The van der Waals surface area contributed by atoms with E-state index in [4.69, 9.17) is 5.73 Å². The average molecular weight is 349 g/mol. The summed E-state index contributed by atoms with van der Waals surface area (Å²) >= 11 is 0. The third-order valence-electron chi connectivity index (χ3n) is 8.72. The number of hydrogen-bond donors (Lipinski definition) is 1. The summed E-state index contributed by atoms with van der Waals surface area (Å²) in [5.74, 6) is 2.48. The first-order valence-corrected chi connectivity index (χ1v) is 10.6. The molecule has 0 saturated heterocycles. The summed E-state index contributed by atoms with van der Waals surface area (Å²) in [5, 5.41) is 0. The van der Waals surface area contributed by atoms with Gasteiger partial charge >= 0.3 is 0 Å².